The molecule has 2 aliphatic carbocycles. The van der Waals surface area contributed by atoms with Crippen LogP contribution < -0.4 is 10.2 Å². The van der Waals surface area contributed by atoms with Gasteiger partial charge in [0.15, 0.2) is 0 Å². The van der Waals surface area contributed by atoms with Crippen LogP contribution in [0.5, 0.6) is 0 Å². The van der Waals surface area contributed by atoms with Crippen molar-refractivity contribution in [3.05, 3.63) is 36.3 Å². The number of nitrogens with one attached hydrogen (secondary N) is 1. The van der Waals surface area contributed by atoms with Gasteiger partial charge in [0.05, 0.1) is 24.0 Å². The van der Waals surface area contributed by atoms with E-state index in [2.05, 4.69) is 30.8 Å². The van der Waals surface area contributed by atoms with E-state index in [1.165, 1.54) is 32.1 Å². The molecule has 0 bridgehead atoms. The Hall–Kier alpha value is -3.69. The maximum atomic E-state index is 13.0. The number of hydrogen-bond donors (Lipinski definition) is 1. The molecule has 2 atom stereocenters. The number of rotatable bonds is 5. The number of fused-ring (bicyclic) bond motifs is 5. The second-order valence-electron chi connectivity index (χ2n) is 12.0. The Morgan fingerprint density at radius 1 is 0.950 bits per heavy atom. The Morgan fingerprint density at radius 3 is 2.52 bits per heavy atom. The maximum Gasteiger partial charge on any atom is 0.270 e. The van der Waals surface area contributed by atoms with Crippen LogP contribution in [0.4, 0.5) is 17.5 Å². The summed E-state index contributed by atoms with van der Waals surface area (Å²) in [6.07, 6.45) is 13.9. The highest BCUT2D eigenvalue weighted by molar-refractivity contribution is 5.99. The zero-order valence-corrected chi connectivity index (χ0v) is 23.3. The summed E-state index contributed by atoms with van der Waals surface area (Å²) in [5.41, 5.74) is 2.56. The molecule has 3 aromatic heterocycles. The number of carbonyl (C=O) groups is 2. The number of hydrogen-bond acceptors (Lipinski definition) is 7. The zero-order valence-electron chi connectivity index (χ0n) is 23.3. The summed E-state index contributed by atoms with van der Waals surface area (Å²) < 4.78 is 2.14. The second kappa shape index (κ2) is 10.4. The summed E-state index contributed by atoms with van der Waals surface area (Å²) >= 11 is 0. The van der Waals surface area contributed by atoms with Crippen LogP contribution >= 0.6 is 0 Å². The van der Waals surface area contributed by atoms with E-state index in [0.717, 1.165) is 68.6 Å². The van der Waals surface area contributed by atoms with E-state index in [4.69, 9.17) is 4.98 Å². The molecule has 4 aliphatic rings. The van der Waals surface area contributed by atoms with Crippen molar-refractivity contribution in [1.29, 1.82) is 0 Å². The summed E-state index contributed by atoms with van der Waals surface area (Å²) in [7, 11) is 1.91. The van der Waals surface area contributed by atoms with E-state index in [9.17, 15) is 9.59 Å². The number of amides is 2. The second-order valence-corrected chi connectivity index (χ2v) is 12.0. The molecule has 1 saturated heterocycles. The van der Waals surface area contributed by atoms with Crippen LogP contribution in [0.2, 0.25) is 0 Å². The molecule has 2 aliphatic heterocycles. The fraction of sp³-hybridized carbons (Fsp3) is 0.567. The van der Waals surface area contributed by atoms with Gasteiger partial charge in [-0.05, 0) is 56.2 Å². The molecule has 2 saturated carbocycles. The minimum Gasteiger partial charge on any atom is -0.367 e. The van der Waals surface area contributed by atoms with Gasteiger partial charge in [-0.1, -0.05) is 19.3 Å². The van der Waals surface area contributed by atoms with Crippen molar-refractivity contribution in [3.8, 4) is 0 Å². The van der Waals surface area contributed by atoms with Crippen molar-refractivity contribution in [2.45, 2.75) is 69.9 Å². The predicted octanol–water partition coefficient (Wildman–Crippen LogP) is 4.37. The molecule has 210 valence electrons. The molecule has 40 heavy (non-hydrogen) atoms. The molecule has 2 amide bonds. The number of carbonyl (C=O) groups excluding carboxylic acids is 2. The van der Waals surface area contributed by atoms with Crippen LogP contribution in [-0.4, -0.2) is 80.4 Å². The Morgan fingerprint density at radius 2 is 1.75 bits per heavy atom. The van der Waals surface area contributed by atoms with Crippen molar-refractivity contribution in [1.82, 2.24) is 29.3 Å². The smallest absolute Gasteiger partial charge is 0.270 e. The summed E-state index contributed by atoms with van der Waals surface area (Å²) in [4.78, 5) is 46.0. The first-order valence-corrected chi connectivity index (χ1v) is 15.0. The molecular formula is C30H38N8O2. The summed E-state index contributed by atoms with van der Waals surface area (Å²) in [5.74, 6) is 2.11. The Bertz CT molecular complexity index is 1410. The Kier molecular flexibility index (Phi) is 6.56. The van der Waals surface area contributed by atoms with E-state index in [0.29, 0.717) is 29.3 Å². The molecule has 3 aromatic rings. The number of nitrogens with zero attached hydrogens (tertiary/aromatic N) is 7. The Labute approximate surface area is 234 Å². The number of pyridine rings is 1. The van der Waals surface area contributed by atoms with Gasteiger partial charge < -0.3 is 24.6 Å². The van der Waals surface area contributed by atoms with Gasteiger partial charge in [0.1, 0.15) is 17.2 Å². The van der Waals surface area contributed by atoms with Crippen LogP contribution in [0, 0.1) is 5.92 Å². The molecular weight excluding hydrogens is 504 g/mol. The van der Waals surface area contributed by atoms with Crippen molar-refractivity contribution in [3.63, 3.8) is 0 Å². The minimum atomic E-state index is 0.0577. The molecule has 10 heteroatoms. The van der Waals surface area contributed by atoms with E-state index in [1.807, 2.05) is 35.2 Å². The van der Waals surface area contributed by atoms with Crippen LogP contribution in [-0.2, 0) is 4.79 Å². The Balaban J connectivity index is 1.00. The maximum absolute atomic E-state index is 13.0. The molecule has 1 N–H and O–H groups in total. The van der Waals surface area contributed by atoms with Gasteiger partial charge in [-0.2, -0.15) is 4.98 Å². The van der Waals surface area contributed by atoms with Gasteiger partial charge in [0.2, 0.25) is 11.9 Å². The SMILES string of the molecule is CN1C(=O)c2cc3cnc(Nc4ccc(N5CCN(C(=O)CC6CCCCC6)CC5)cn4)nc3n2C2CCCC21. The third-order valence-electron chi connectivity index (χ3n) is 9.56. The lowest BCUT2D eigenvalue weighted by molar-refractivity contribution is -0.132. The summed E-state index contributed by atoms with van der Waals surface area (Å²) in [6, 6.07) is 6.42. The third kappa shape index (κ3) is 4.57. The van der Waals surface area contributed by atoms with E-state index >= 15 is 0 Å². The van der Waals surface area contributed by atoms with E-state index in [1.54, 1.807) is 6.20 Å². The van der Waals surface area contributed by atoms with Crippen LogP contribution in [0.3, 0.4) is 0 Å². The predicted molar refractivity (Wildman–Crippen MR) is 154 cm³/mol. The van der Waals surface area contributed by atoms with Gasteiger partial charge in [0.25, 0.3) is 5.91 Å². The molecule has 0 aromatic carbocycles. The lowest BCUT2D eigenvalue weighted by Gasteiger charge is -2.36. The molecule has 3 fully saturated rings. The largest absolute Gasteiger partial charge is 0.367 e. The van der Waals surface area contributed by atoms with Crippen molar-refractivity contribution >= 4 is 40.3 Å². The van der Waals surface area contributed by atoms with E-state index in [-0.39, 0.29) is 18.0 Å². The third-order valence-corrected chi connectivity index (χ3v) is 9.56. The fourth-order valence-corrected chi connectivity index (χ4v) is 7.32. The number of piperazine rings is 1. The quantitative estimate of drug-likeness (QED) is 0.511. The summed E-state index contributed by atoms with van der Waals surface area (Å²) in [6.45, 7) is 3.17. The van der Waals surface area contributed by atoms with Gasteiger partial charge in [-0.3, -0.25) is 9.59 Å². The van der Waals surface area contributed by atoms with E-state index < -0.39 is 0 Å². The first-order valence-electron chi connectivity index (χ1n) is 15.0. The highest BCUT2D eigenvalue weighted by Gasteiger charge is 2.41. The minimum absolute atomic E-state index is 0.0577. The lowest BCUT2D eigenvalue weighted by atomic mass is 9.86. The van der Waals surface area contributed by atoms with Crippen molar-refractivity contribution in [2.75, 3.05) is 43.4 Å². The number of aromatic nitrogens is 4. The molecule has 10 nitrogen and oxygen atoms in total. The topological polar surface area (TPSA) is 99.5 Å². The highest BCUT2D eigenvalue weighted by atomic mass is 16.2. The van der Waals surface area contributed by atoms with Crippen LogP contribution in [0.1, 0.15) is 74.3 Å². The monoisotopic (exact) mass is 542 g/mol. The van der Waals surface area contributed by atoms with Gasteiger partial charge in [-0.25, -0.2) is 9.97 Å². The number of anilines is 3. The van der Waals surface area contributed by atoms with Crippen molar-refractivity contribution in [2.24, 2.45) is 5.92 Å². The average molecular weight is 543 g/mol. The first kappa shape index (κ1) is 25.3. The first-order chi connectivity index (χ1) is 19.5. The molecule has 7 rings (SSSR count). The fourth-order valence-electron chi connectivity index (χ4n) is 7.32. The van der Waals surface area contributed by atoms with Gasteiger partial charge >= 0.3 is 0 Å². The van der Waals surface area contributed by atoms with Crippen LogP contribution in [0.15, 0.2) is 30.6 Å². The standard InChI is InChI=1S/C30H38N8O2/c1-35-23-8-5-9-24(23)38-25(29(35)40)17-21-18-32-30(34-28(21)38)33-26-11-10-22(19-31-26)36-12-14-37(15-13-36)27(39)16-20-6-3-2-4-7-20/h10-11,17-20,23-24H,2-9,12-16H2,1H3,(H,31,32,33,34). The van der Waals surface area contributed by atoms with Crippen molar-refractivity contribution < 1.29 is 9.59 Å². The average Bonchev–Trinajstić information content (AvgIpc) is 3.62. The van der Waals surface area contributed by atoms with Gasteiger partial charge in [0, 0.05) is 51.2 Å². The molecule has 2 unspecified atom stereocenters. The molecule has 0 spiro atoms. The molecule has 0 radical (unpaired) electrons. The number of likely N-dealkylation sites (N-methyl/N-ethyl adjacent to an activating group) is 1. The van der Waals surface area contributed by atoms with Crippen LogP contribution in [0.25, 0.3) is 11.0 Å². The summed E-state index contributed by atoms with van der Waals surface area (Å²) in [5, 5.41) is 4.13. The highest BCUT2D eigenvalue weighted by Crippen LogP contribution is 2.41. The van der Waals surface area contributed by atoms with Gasteiger partial charge in [-0.15, -0.1) is 0 Å². The lowest BCUT2D eigenvalue weighted by Crippen LogP contribution is -2.49. The normalized spacial score (nSPS) is 23.4. The molecule has 5 heterocycles. The zero-order chi connectivity index (χ0) is 27.2.